The summed E-state index contributed by atoms with van der Waals surface area (Å²) < 4.78 is 1.67. The Morgan fingerprint density at radius 2 is 1.89 bits per heavy atom. The van der Waals surface area contributed by atoms with E-state index in [9.17, 15) is 5.11 Å². The van der Waals surface area contributed by atoms with Crippen LogP contribution in [0.2, 0.25) is 0 Å². The standard InChI is InChI=1S/C18H16N8O/c1-26-16(17(24-25-26)15-6-5-12(27)10-21-15)11-22-18-20-9-7-14(23-18)13-4-2-3-8-19-13/h2-10,27H,11H2,1H3,(H,20,22,23). The van der Waals surface area contributed by atoms with Crippen LogP contribution in [0.3, 0.4) is 0 Å². The van der Waals surface area contributed by atoms with Crippen molar-refractivity contribution in [3.8, 4) is 28.5 Å². The van der Waals surface area contributed by atoms with Crippen molar-refractivity contribution >= 4 is 5.95 Å². The molecule has 27 heavy (non-hydrogen) atoms. The van der Waals surface area contributed by atoms with Gasteiger partial charge in [-0.15, -0.1) is 5.10 Å². The van der Waals surface area contributed by atoms with Crippen LogP contribution in [-0.2, 0) is 13.6 Å². The highest BCUT2D eigenvalue weighted by molar-refractivity contribution is 5.58. The molecule has 0 aliphatic carbocycles. The zero-order valence-corrected chi connectivity index (χ0v) is 14.5. The molecule has 134 valence electrons. The Balaban J connectivity index is 1.56. The third-order valence-corrected chi connectivity index (χ3v) is 3.93. The van der Waals surface area contributed by atoms with Gasteiger partial charge in [-0.3, -0.25) is 9.97 Å². The summed E-state index contributed by atoms with van der Waals surface area (Å²) in [6.07, 6.45) is 4.78. The topological polar surface area (TPSA) is 115 Å². The Hall–Kier alpha value is -3.88. The predicted octanol–water partition coefficient (Wildman–Crippen LogP) is 2.05. The van der Waals surface area contributed by atoms with Gasteiger partial charge in [-0.05, 0) is 30.3 Å². The second kappa shape index (κ2) is 7.16. The fourth-order valence-electron chi connectivity index (χ4n) is 2.56. The molecule has 0 amide bonds. The monoisotopic (exact) mass is 360 g/mol. The van der Waals surface area contributed by atoms with Crippen LogP contribution in [0.15, 0.2) is 55.0 Å². The van der Waals surface area contributed by atoms with E-state index in [2.05, 4.69) is 35.6 Å². The van der Waals surface area contributed by atoms with E-state index in [4.69, 9.17) is 0 Å². The molecule has 9 heteroatoms. The molecule has 0 aliphatic heterocycles. The molecule has 4 rings (SSSR count). The van der Waals surface area contributed by atoms with Gasteiger partial charge < -0.3 is 10.4 Å². The molecule has 2 N–H and O–H groups in total. The van der Waals surface area contributed by atoms with E-state index in [1.54, 1.807) is 36.3 Å². The average Bonchev–Trinajstić information content (AvgIpc) is 3.08. The highest BCUT2D eigenvalue weighted by atomic mass is 16.3. The van der Waals surface area contributed by atoms with Crippen LogP contribution in [0, 0.1) is 0 Å². The van der Waals surface area contributed by atoms with Crippen molar-refractivity contribution in [2.24, 2.45) is 7.05 Å². The molecule has 0 unspecified atom stereocenters. The Kier molecular flexibility index (Phi) is 4.40. The molecule has 0 atom stereocenters. The van der Waals surface area contributed by atoms with Crippen molar-refractivity contribution in [2.75, 3.05) is 5.32 Å². The molecule has 0 radical (unpaired) electrons. The average molecular weight is 360 g/mol. The summed E-state index contributed by atoms with van der Waals surface area (Å²) in [4.78, 5) is 17.3. The van der Waals surface area contributed by atoms with Crippen LogP contribution in [0.1, 0.15) is 5.69 Å². The van der Waals surface area contributed by atoms with E-state index in [0.717, 1.165) is 17.1 Å². The number of aryl methyl sites for hydroxylation is 1. The quantitative estimate of drug-likeness (QED) is 0.556. The smallest absolute Gasteiger partial charge is 0.223 e. The molecule has 0 aromatic carbocycles. The van der Waals surface area contributed by atoms with E-state index >= 15 is 0 Å². The third-order valence-electron chi connectivity index (χ3n) is 3.93. The van der Waals surface area contributed by atoms with Gasteiger partial charge in [-0.25, -0.2) is 14.6 Å². The number of rotatable bonds is 5. The van der Waals surface area contributed by atoms with Crippen molar-refractivity contribution in [2.45, 2.75) is 6.54 Å². The fourth-order valence-corrected chi connectivity index (χ4v) is 2.56. The lowest BCUT2D eigenvalue weighted by Crippen LogP contribution is -2.09. The van der Waals surface area contributed by atoms with Crippen molar-refractivity contribution in [3.05, 3.63) is 60.7 Å². The Bertz CT molecular complexity index is 1050. The molecule has 4 aromatic heterocycles. The first-order valence-electron chi connectivity index (χ1n) is 8.23. The van der Waals surface area contributed by atoms with Crippen LogP contribution in [-0.4, -0.2) is 40.0 Å². The number of aromatic nitrogens is 7. The van der Waals surface area contributed by atoms with Gasteiger partial charge in [0.15, 0.2) is 0 Å². The Morgan fingerprint density at radius 1 is 0.963 bits per heavy atom. The SMILES string of the molecule is Cn1nnc(-c2ccc(O)cn2)c1CNc1nccc(-c2ccccn2)n1. The second-order valence-corrected chi connectivity index (χ2v) is 5.74. The van der Waals surface area contributed by atoms with Crippen LogP contribution >= 0.6 is 0 Å². The first-order valence-corrected chi connectivity index (χ1v) is 8.23. The van der Waals surface area contributed by atoms with E-state index in [-0.39, 0.29) is 5.75 Å². The van der Waals surface area contributed by atoms with Gasteiger partial charge in [0.2, 0.25) is 5.95 Å². The first kappa shape index (κ1) is 16.6. The van der Waals surface area contributed by atoms with Gasteiger partial charge in [-0.2, -0.15) is 0 Å². The molecule has 4 aromatic rings. The van der Waals surface area contributed by atoms with E-state index in [0.29, 0.717) is 23.9 Å². The fraction of sp³-hybridized carbons (Fsp3) is 0.111. The van der Waals surface area contributed by atoms with Gasteiger partial charge >= 0.3 is 0 Å². The van der Waals surface area contributed by atoms with Gasteiger partial charge in [0.05, 0.1) is 35.5 Å². The Morgan fingerprint density at radius 3 is 2.67 bits per heavy atom. The molecule has 0 spiro atoms. The molecule has 0 aliphatic rings. The van der Waals surface area contributed by atoms with Gasteiger partial charge in [0, 0.05) is 19.4 Å². The number of hydrogen-bond donors (Lipinski definition) is 2. The van der Waals surface area contributed by atoms with E-state index < -0.39 is 0 Å². The van der Waals surface area contributed by atoms with E-state index in [1.807, 2.05) is 24.3 Å². The van der Waals surface area contributed by atoms with E-state index in [1.165, 1.54) is 6.20 Å². The highest BCUT2D eigenvalue weighted by Gasteiger charge is 2.14. The minimum absolute atomic E-state index is 0.0991. The molecule has 0 fully saturated rings. The number of hydrogen-bond acceptors (Lipinski definition) is 8. The molecule has 0 bridgehead atoms. The summed E-state index contributed by atoms with van der Waals surface area (Å²) in [6, 6.07) is 10.7. The summed E-state index contributed by atoms with van der Waals surface area (Å²) in [6.45, 7) is 0.410. The van der Waals surface area contributed by atoms with Crippen LogP contribution in [0.4, 0.5) is 5.95 Å². The molecule has 0 saturated carbocycles. The zero-order valence-electron chi connectivity index (χ0n) is 14.5. The lowest BCUT2D eigenvalue weighted by Gasteiger charge is -2.08. The maximum Gasteiger partial charge on any atom is 0.223 e. The summed E-state index contributed by atoms with van der Waals surface area (Å²) >= 11 is 0. The number of pyridine rings is 2. The van der Waals surface area contributed by atoms with Gasteiger partial charge in [-0.1, -0.05) is 11.3 Å². The molecular formula is C18H16N8O. The molecule has 9 nitrogen and oxygen atoms in total. The van der Waals surface area contributed by atoms with Crippen LogP contribution < -0.4 is 5.32 Å². The number of nitrogens with zero attached hydrogens (tertiary/aromatic N) is 7. The van der Waals surface area contributed by atoms with Crippen molar-refractivity contribution < 1.29 is 5.11 Å². The lowest BCUT2D eigenvalue weighted by molar-refractivity contribution is 0.473. The predicted molar refractivity (Wildman–Crippen MR) is 98.5 cm³/mol. The molecule has 4 heterocycles. The van der Waals surface area contributed by atoms with Crippen molar-refractivity contribution in [1.29, 1.82) is 0 Å². The largest absolute Gasteiger partial charge is 0.506 e. The normalized spacial score (nSPS) is 10.7. The molecular weight excluding hydrogens is 344 g/mol. The summed E-state index contributed by atoms with van der Waals surface area (Å²) in [7, 11) is 1.80. The minimum atomic E-state index is 0.0991. The van der Waals surface area contributed by atoms with Crippen LogP contribution in [0.25, 0.3) is 22.8 Å². The van der Waals surface area contributed by atoms with Gasteiger partial charge in [0.25, 0.3) is 0 Å². The minimum Gasteiger partial charge on any atom is -0.506 e. The lowest BCUT2D eigenvalue weighted by atomic mass is 10.2. The number of anilines is 1. The maximum atomic E-state index is 9.41. The molecule has 0 saturated heterocycles. The van der Waals surface area contributed by atoms with Crippen molar-refractivity contribution in [1.82, 2.24) is 34.9 Å². The zero-order chi connectivity index (χ0) is 18.6. The third kappa shape index (κ3) is 3.56. The first-order chi connectivity index (χ1) is 13.2. The second-order valence-electron chi connectivity index (χ2n) is 5.74. The summed E-state index contributed by atoms with van der Waals surface area (Å²) in [5.41, 5.74) is 3.59. The summed E-state index contributed by atoms with van der Waals surface area (Å²) in [5.74, 6) is 0.575. The maximum absolute atomic E-state index is 9.41. The van der Waals surface area contributed by atoms with Crippen LogP contribution in [0.5, 0.6) is 5.75 Å². The van der Waals surface area contributed by atoms with Gasteiger partial charge in [0.1, 0.15) is 11.4 Å². The highest BCUT2D eigenvalue weighted by Crippen LogP contribution is 2.21. The number of aromatic hydroxyl groups is 1. The number of nitrogens with one attached hydrogen (secondary N) is 1. The van der Waals surface area contributed by atoms with Crippen molar-refractivity contribution in [3.63, 3.8) is 0 Å². The Labute approximate surface area is 154 Å². The summed E-state index contributed by atoms with van der Waals surface area (Å²) in [5, 5.41) is 20.8.